The first-order chi connectivity index (χ1) is 7.82. The molecule has 1 aliphatic rings. The van der Waals surface area contributed by atoms with Gasteiger partial charge in [-0.1, -0.05) is 13.8 Å². The second kappa shape index (κ2) is 3.83. The molecule has 1 aromatic rings. The van der Waals surface area contributed by atoms with Crippen molar-refractivity contribution in [3.63, 3.8) is 0 Å². The lowest BCUT2D eigenvalue weighted by atomic mass is 9.98. The summed E-state index contributed by atoms with van der Waals surface area (Å²) in [6, 6.07) is 2.03. The SMILES string of the molecule is CC(C)c1ccnc2c1CC(=O)N2C(C)(C)C. The highest BCUT2D eigenvalue weighted by molar-refractivity contribution is 6.01. The maximum Gasteiger partial charge on any atom is 0.233 e. The molecule has 0 N–H and O–H groups in total. The Kier molecular flexibility index (Phi) is 2.72. The average Bonchev–Trinajstić information content (AvgIpc) is 2.51. The summed E-state index contributed by atoms with van der Waals surface area (Å²) < 4.78 is 0. The summed E-state index contributed by atoms with van der Waals surface area (Å²) in [6.45, 7) is 10.4. The standard InChI is InChI=1S/C14H20N2O/c1-9(2)10-6-7-15-13-11(10)8-12(17)16(13)14(3,4)5/h6-7,9H,8H2,1-5H3. The lowest BCUT2D eigenvalue weighted by Crippen LogP contribution is -2.43. The van der Waals surface area contributed by atoms with Crippen molar-refractivity contribution in [2.24, 2.45) is 0 Å². The second-order valence-corrected chi connectivity index (χ2v) is 5.93. The van der Waals surface area contributed by atoms with Gasteiger partial charge in [0.15, 0.2) is 0 Å². The average molecular weight is 232 g/mol. The number of amides is 1. The quantitative estimate of drug-likeness (QED) is 0.746. The Morgan fingerprint density at radius 3 is 2.53 bits per heavy atom. The molecule has 0 saturated carbocycles. The molecule has 0 aromatic carbocycles. The third-order valence-electron chi connectivity index (χ3n) is 3.15. The summed E-state index contributed by atoms with van der Waals surface area (Å²) in [6.07, 6.45) is 2.31. The van der Waals surface area contributed by atoms with E-state index in [1.807, 2.05) is 37.9 Å². The van der Waals surface area contributed by atoms with Crippen LogP contribution in [0, 0.1) is 0 Å². The van der Waals surface area contributed by atoms with Crippen LogP contribution in [-0.4, -0.2) is 16.4 Å². The summed E-state index contributed by atoms with van der Waals surface area (Å²) in [7, 11) is 0. The molecule has 92 valence electrons. The van der Waals surface area contributed by atoms with E-state index >= 15 is 0 Å². The molecule has 0 atom stereocenters. The highest BCUT2D eigenvalue weighted by Gasteiger charge is 2.37. The summed E-state index contributed by atoms with van der Waals surface area (Å²) in [5.74, 6) is 1.45. The largest absolute Gasteiger partial charge is 0.291 e. The predicted molar refractivity (Wildman–Crippen MR) is 69.3 cm³/mol. The molecule has 1 aromatic heterocycles. The Morgan fingerprint density at radius 2 is 2.00 bits per heavy atom. The van der Waals surface area contributed by atoms with Crippen molar-refractivity contribution >= 4 is 11.7 Å². The van der Waals surface area contributed by atoms with Gasteiger partial charge in [0.05, 0.1) is 6.42 Å². The molecule has 1 aliphatic heterocycles. The summed E-state index contributed by atoms with van der Waals surface area (Å²) in [5, 5.41) is 0. The van der Waals surface area contributed by atoms with Crippen molar-refractivity contribution in [3.8, 4) is 0 Å². The van der Waals surface area contributed by atoms with Crippen LogP contribution in [0.3, 0.4) is 0 Å². The molecule has 3 heteroatoms. The van der Waals surface area contributed by atoms with Crippen LogP contribution in [0.15, 0.2) is 12.3 Å². The number of fused-ring (bicyclic) bond motifs is 1. The molecule has 0 bridgehead atoms. The van der Waals surface area contributed by atoms with Gasteiger partial charge in [-0.3, -0.25) is 9.69 Å². The van der Waals surface area contributed by atoms with Gasteiger partial charge in [-0.2, -0.15) is 0 Å². The van der Waals surface area contributed by atoms with Gasteiger partial charge >= 0.3 is 0 Å². The van der Waals surface area contributed by atoms with Gasteiger partial charge in [0.1, 0.15) is 5.82 Å². The van der Waals surface area contributed by atoms with E-state index in [1.165, 1.54) is 5.56 Å². The smallest absolute Gasteiger partial charge is 0.233 e. The van der Waals surface area contributed by atoms with Crippen LogP contribution in [0.2, 0.25) is 0 Å². The number of aromatic nitrogens is 1. The van der Waals surface area contributed by atoms with Crippen molar-refractivity contribution in [2.75, 3.05) is 4.90 Å². The van der Waals surface area contributed by atoms with E-state index in [1.54, 1.807) is 0 Å². The Morgan fingerprint density at radius 1 is 1.35 bits per heavy atom. The van der Waals surface area contributed by atoms with Crippen LogP contribution in [0.1, 0.15) is 51.7 Å². The Labute approximate surface area is 103 Å². The highest BCUT2D eigenvalue weighted by Crippen LogP contribution is 2.36. The number of pyridine rings is 1. The normalized spacial score (nSPS) is 15.6. The van der Waals surface area contributed by atoms with Gasteiger partial charge in [0.2, 0.25) is 5.91 Å². The number of hydrogen-bond donors (Lipinski definition) is 0. The molecule has 1 amide bonds. The van der Waals surface area contributed by atoms with Gasteiger partial charge in [-0.25, -0.2) is 4.98 Å². The van der Waals surface area contributed by atoms with E-state index in [9.17, 15) is 4.79 Å². The van der Waals surface area contributed by atoms with Crippen LogP contribution < -0.4 is 4.90 Å². The molecule has 3 nitrogen and oxygen atoms in total. The third-order valence-corrected chi connectivity index (χ3v) is 3.15. The molecule has 0 fully saturated rings. The number of anilines is 1. The maximum atomic E-state index is 12.1. The molecular weight excluding hydrogens is 212 g/mol. The first-order valence-electron chi connectivity index (χ1n) is 6.13. The van der Waals surface area contributed by atoms with Gasteiger partial charge in [-0.15, -0.1) is 0 Å². The van der Waals surface area contributed by atoms with Gasteiger partial charge in [0, 0.05) is 17.3 Å². The van der Waals surface area contributed by atoms with Crippen LogP contribution >= 0.6 is 0 Å². The van der Waals surface area contributed by atoms with E-state index in [0.717, 1.165) is 11.4 Å². The number of rotatable bonds is 1. The second-order valence-electron chi connectivity index (χ2n) is 5.93. The number of nitrogens with zero attached hydrogens (tertiary/aromatic N) is 2. The van der Waals surface area contributed by atoms with Crippen LogP contribution in [0.4, 0.5) is 5.82 Å². The predicted octanol–water partition coefficient (Wildman–Crippen LogP) is 2.89. The van der Waals surface area contributed by atoms with E-state index in [4.69, 9.17) is 0 Å². The van der Waals surface area contributed by atoms with Crippen molar-refractivity contribution < 1.29 is 4.79 Å². The molecular formula is C14H20N2O. The maximum absolute atomic E-state index is 12.1. The summed E-state index contributed by atoms with van der Waals surface area (Å²) in [5.41, 5.74) is 2.16. The highest BCUT2D eigenvalue weighted by atomic mass is 16.2. The van der Waals surface area contributed by atoms with E-state index < -0.39 is 0 Å². The van der Waals surface area contributed by atoms with Crippen LogP contribution in [-0.2, 0) is 11.2 Å². The zero-order valence-corrected chi connectivity index (χ0v) is 11.2. The van der Waals surface area contributed by atoms with E-state index in [0.29, 0.717) is 12.3 Å². The Balaban J connectivity index is 2.56. The summed E-state index contributed by atoms with van der Waals surface area (Å²) in [4.78, 5) is 18.4. The topological polar surface area (TPSA) is 33.2 Å². The molecule has 0 spiro atoms. The number of hydrogen-bond acceptors (Lipinski definition) is 2. The van der Waals surface area contributed by atoms with E-state index in [-0.39, 0.29) is 11.4 Å². The monoisotopic (exact) mass is 232 g/mol. The minimum atomic E-state index is -0.203. The lowest BCUT2D eigenvalue weighted by Gasteiger charge is -2.31. The molecule has 17 heavy (non-hydrogen) atoms. The van der Waals surface area contributed by atoms with Gasteiger partial charge in [-0.05, 0) is 38.3 Å². The first kappa shape index (κ1) is 12.1. The molecule has 0 unspecified atom stereocenters. The van der Waals surface area contributed by atoms with Crippen molar-refractivity contribution in [1.82, 2.24) is 4.98 Å². The lowest BCUT2D eigenvalue weighted by molar-refractivity contribution is -0.118. The zero-order chi connectivity index (χ0) is 12.8. The number of carbonyl (C=O) groups excluding carboxylic acids is 1. The fraction of sp³-hybridized carbons (Fsp3) is 0.571. The minimum absolute atomic E-state index is 0.160. The summed E-state index contributed by atoms with van der Waals surface area (Å²) >= 11 is 0. The fourth-order valence-corrected chi connectivity index (χ4v) is 2.45. The molecule has 0 radical (unpaired) electrons. The fourth-order valence-electron chi connectivity index (χ4n) is 2.45. The minimum Gasteiger partial charge on any atom is -0.291 e. The van der Waals surface area contributed by atoms with Crippen molar-refractivity contribution in [3.05, 3.63) is 23.4 Å². The third kappa shape index (κ3) is 1.94. The Bertz CT molecular complexity index is 458. The Hall–Kier alpha value is -1.38. The number of carbonyl (C=O) groups is 1. The van der Waals surface area contributed by atoms with Crippen molar-refractivity contribution in [1.29, 1.82) is 0 Å². The first-order valence-corrected chi connectivity index (χ1v) is 6.13. The molecule has 2 rings (SSSR count). The van der Waals surface area contributed by atoms with Crippen LogP contribution in [0.5, 0.6) is 0 Å². The van der Waals surface area contributed by atoms with Gasteiger partial charge < -0.3 is 0 Å². The molecule has 0 saturated heterocycles. The van der Waals surface area contributed by atoms with Crippen LogP contribution in [0.25, 0.3) is 0 Å². The zero-order valence-electron chi connectivity index (χ0n) is 11.2. The molecule has 2 heterocycles. The van der Waals surface area contributed by atoms with E-state index in [2.05, 4.69) is 18.8 Å². The molecule has 0 aliphatic carbocycles. The van der Waals surface area contributed by atoms with Crippen molar-refractivity contribution in [2.45, 2.75) is 52.5 Å². The van der Waals surface area contributed by atoms with Gasteiger partial charge in [0.25, 0.3) is 0 Å².